The molecule has 0 saturated heterocycles. The highest BCUT2D eigenvalue weighted by molar-refractivity contribution is 5.63. The predicted molar refractivity (Wildman–Crippen MR) is 49.6 cm³/mol. The van der Waals surface area contributed by atoms with Gasteiger partial charge in [-0.25, -0.2) is 4.39 Å². The standard InChI is InChI=1S/C9H7FN4O/c1-15-8-3-2-6(10)4-7(8)9-13-11-5-12-14-9/h2-5H,1H3. The Bertz CT molecular complexity index is 463. The van der Waals surface area contributed by atoms with E-state index in [0.29, 0.717) is 11.3 Å². The van der Waals surface area contributed by atoms with Crippen LogP contribution in [0.4, 0.5) is 4.39 Å². The Kier molecular flexibility index (Phi) is 2.49. The van der Waals surface area contributed by atoms with Gasteiger partial charge in [0.1, 0.15) is 11.6 Å². The number of hydrogen-bond donors (Lipinski definition) is 0. The molecule has 0 aliphatic heterocycles. The summed E-state index contributed by atoms with van der Waals surface area (Å²) in [6, 6.07) is 4.07. The molecule has 0 bridgehead atoms. The van der Waals surface area contributed by atoms with Crippen molar-refractivity contribution in [1.82, 2.24) is 20.4 Å². The molecule has 5 nitrogen and oxygen atoms in total. The molecule has 0 unspecified atom stereocenters. The van der Waals surface area contributed by atoms with Crippen molar-refractivity contribution in [3.8, 4) is 17.1 Å². The van der Waals surface area contributed by atoms with E-state index in [9.17, 15) is 4.39 Å². The zero-order valence-electron chi connectivity index (χ0n) is 7.88. The molecule has 6 heteroatoms. The van der Waals surface area contributed by atoms with E-state index in [4.69, 9.17) is 4.74 Å². The van der Waals surface area contributed by atoms with Crippen molar-refractivity contribution in [3.05, 3.63) is 30.3 Å². The predicted octanol–water partition coefficient (Wildman–Crippen LogP) is 1.08. The molecule has 0 amide bonds. The lowest BCUT2D eigenvalue weighted by Gasteiger charge is -2.05. The van der Waals surface area contributed by atoms with Crippen LogP contribution in [0.1, 0.15) is 0 Å². The minimum atomic E-state index is -0.391. The van der Waals surface area contributed by atoms with Crippen LogP contribution in [0, 0.1) is 5.82 Å². The fourth-order valence-corrected chi connectivity index (χ4v) is 1.17. The van der Waals surface area contributed by atoms with E-state index < -0.39 is 5.82 Å². The second-order valence-electron chi connectivity index (χ2n) is 2.71. The summed E-state index contributed by atoms with van der Waals surface area (Å²) in [6.45, 7) is 0. The fourth-order valence-electron chi connectivity index (χ4n) is 1.17. The summed E-state index contributed by atoms with van der Waals surface area (Å²) in [5.41, 5.74) is 0.429. The molecule has 0 aliphatic carbocycles. The van der Waals surface area contributed by atoms with Crippen LogP contribution in [0.15, 0.2) is 24.5 Å². The van der Waals surface area contributed by atoms with E-state index in [1.807, 2.05) is 0 Å². The number of rotatable bonds is 2. The van der Waals surface area contributed by atoms with E-state index >= 15 is 0 Å². The third-order valence-corrected chi connectivity index (χ3v) is 1.81. The van der Waals surface area contributed by atoms with Gasteiger partial charge in [-0.1, -0.05) is 0 Å². The molecule has 1 heterocycles. The Morgan fingerprint density at radius 1 is 1.20 bits per heavy atom. The molecular weight excluding hydrogens is 199 g/mol. The lowest BCUT2D eigenvalue weighted by Crippen LogP contribution is -1.97. The Morgan fingerprint density at radius 3 is 2.60 bits per heavy atom. The van der Waals surface area contributed by atoms with Crippen molar-refractivity contribution < 1.29 is 9.13 Å². The molecule has 0 radical (unpaired) electrons. The van der Waals surface area contributed by atoms with Gasteiger partial charge in [0.15, 0.2) is 6.33 Å². The summed E-state index contributed by atoms with van der Waals surface area (Å²) in [5, 5.41) is 14.6. The highest BCUT2D eigenvalue weighted by atomic mass is 19.1. The molecule has 2 aromatic rings. The van der Waals surface area contributed by atoms with E-state index in [2.05, 4.69) is 20.4 Å². The van der Waals surface area contributed by atoms with E-state index in [1.165, 1.54) is 31.6 Å². The molecule has 0 atom stereocenters. The maximum Gasteiger partial charge on any atom is 0.207 e. The molecular formula is C9H7FN4O. The van der Waals surface area contributed by atoms with Gasteiger partial charge in [-0.05, 0) is 18.2 Å². The van der Waals surface area contributed by atoms with Crippen LogP contribution >= 0.6 is 0 Å². The number of ether oxygens (including phenoxy) is 1. The quantitative estimate of drug-likeness (QED) is 0.735. The topological polar surface area (TPSA) is 60.8 Å². The van der Waals surface area contributed by atoms with Crippen LogP contribution in [0.5, 0.6) is 5.75 Å². The zero-order chi connectivity index (χ0) is 10.7. The fraction of sp³-hybridized carbons (Fsp3) is 0.111. The van der Waals surface area contributed by atoms with Crippen molar-refractivity contribution in [2.45, 2.75) is 0 Å². The summed E-state index contributed by atoms with van der Waals surface area (Å²) in [4.78, 5) is 0. The average molecular weight is 206 g/mol. The molecule has 1 aromatic carbocycles. The van der Waals surface area contributed by atoms with Gasteiger partial charge in [-0.15, -0.1) is 20.4 Å². The van der Waals surface area contributed by atoms with Crippen LogP contribution in [0.3, 0.4) is 0 Å². The van der Waals surface area contributed by atoms with Crippen molar-refractivity contribution in [2.75, 3.05) is 7.11 Å². The van der Waals surface area contributed by atoms with Crippen molar-refractivity contribution >= 4 is 0 Å². The van der Waals surface area contributed by atoms with Crippen molar-refractivity contribution in [1.29, 1.82) is 0 Å². The lowest BCUT2D eigenvalue weighted by atomic mass is 10.2. The second kappa shape index (κ2) is 3.95. The number of aromatic nitrogens is 4. The highest BCUT2D eigenvalue weighted by Gasteiger charge is 2.10. The lowest BCUT2D eigenvalue weighted by molar-refractivity contribution is 0.415. The largest absolute Gasteiger partial charge is 0.496 e. The maximum atomic E-state index is 13.0. The third kappa shape index (κ3) is 1.88. The summed E-state index contributed by atoms with van der Waals surface area (Å²) in [5.74, 6) is 0.318. The molecule has 0 aliphatic rings. The van der Waals surface area contributed by atoms with Gasteiger partial charge in [0.2, 0.25) is 5.82 Å². The molecule has 0 fully saturated rings. The molecule has 15 heavy (non-hydrogen) atoms. The highest BCUT2D eigenvalue weighted by Crippen LogP contribution is 2.26. The summed E-state index contributed by atoms with van der Waals surface area (Å²) >= 11 is 0. The van der Waals surface area contributed by atoms with Gasteiger partial charge in [0.25, 0.3) is 0 Å². The number of halogens is 1. The van der Waals surface area contributed by atoms with E-state index in [1.54, 1.807) is 0 Å². The number of hydrogen-bond acceptors (Lipinski definition) is 5. The van der Waals surface area contributed by atoms with E-state index in [0.717, 1.165) is 0 Å². The first-order valence-corrected chi connectivity index (χ1v) is 4.15. The Labute approximate surface area is 84.9 Å². The van der Waals surface area contributed by atoms with E-state index in [-0.39, 0.29) is 5.82 Å². The SMILES string of the molecule is COc1ccc(F)cc1-c1nncnn1. The van der Waals surface area contributed by atoms with Gasteiger partial charge in [-0.3, -0.25) is 0 Å². The minimum absolute atomic E-state index is 0.230. The monoisotopic (exact) mass is 206 g/mol. The minimum Gasteiger partial charge on any atom is -0.496 e. The number of methoxy groups -OCH3 is 1. The maximum absolute atomic E-state index is 13.0. The van der Waals surface area contributed by atoms with Gasteiger partial charge in [0.05, 0.1) is 12.7 Å². The first-order chi connectivity index (χ1) is 7.31. The zero-order valence-corrected chi connectivity index (χ0v) is 7.88. The number of benzene rings is 1. The van der Waals surface area contributed by atoms with Crippen LogP contribution in [-0.4, -0.2) is 27.5 Å². The second-order valence-corrected chi connectivity index (χ2v) is 2.71. The van der Waals surface area contributed by atoms with Crippen LogP contribution in [0.25, 0.3) is 11.4 Å². The molecule has 2 rings (SSSR count). The third-order valence-electron chi connectivity index (χ3n) is 1.81. The first-order valence-electron chi connectivity index (χ1n) is 4.15. The summed E-state index contributed by atoms with van der Waals surface area (Å²) in [6.07, 6.45) is 1.20. The smallest absolute Gasteiger partial charge is 0.207 e. The van der Waals surface area contributed by atoms with Gasteiger partial charge in [-0.2, -0.15) is 0 Å². The van der Waals surface area contributed by atoms with Crippen LogP contribution in [0.2, 0.25) is 0 Å². The normalized spacial score (nSPS) is 10.0. The summed E-state index contributed by atoms with van der Waals surface area (Å²) < 4.78 is 18.1. The average Bonchev–Trinajstić information content (AvgIpc) is 2.30. The molecule has 76 valence electrons. The Morgan fingerprint density at radius 2 is 1.93 bits per heavy atom. The van der Waals surface area contributed by atoms with Gasteiger partial charge >= 0.3 is 0 Å². The molecule has 0 N–H and O–H groups in total. The molecule has 1 aromatic heterocycles. The van der Waals surface area contributed by atoms with Crippen molar-refractivity contribution in [3.63, 3.8) is 0 Å². The molecule has 0 saturated carbocycles. The van der Waals surface area contributed by atoms with Gasteiger partial charge in [0, 0.05) is 0 Å². The summed E-state index contributed by atoms with van der Waals surface area (Å²) in [7, 11) is 1.49. The van der Waals surface area contributed by atoms with Gasteiger partial charge < -0.3 is 4.74 Å². The van der Waals surface area contributed by atoms with Crippen LogP contribution < -0.4 is 4.74 Å². The Balaban J connectivity index is 2.56. The number of nitrogens with zero attached hydrogens (tertiary/aromatic N) is 4. The molecule has 0 spiro atoms. The Hall–Kier alpha value is -2.11. The van der Waals surface area contributed by atoms with Crippen molar-refractivity contribution in [2.24, 2.45) is 0 Å². The first kappa shape index (κ1) is 9.45. The van der Waals surface area contributed by atoms with Crippen LogP contribution in [-0.2, 0) is 0 Å².